The molecule has 0 aliphatic rings. The average molecular weight is 230 g/mol. The lowest BCUT2D eigenvalue weighted by Crippen LogP contribution is -1.92. The van der Waals surface area contributed by atoms with Gasteiger partial charge in [0.15, 0.2) is 5.78 Å². The Morgan fingerprint density at radius 1 is 1.29 bits per heavy atom. The quantitative estimate of drug-likeness (QED) is 0.356. The molecule has 0 aliphatic heterocycles. The fourth-order valence-electron chi connectivity index (χ4n) is 1.46. The highest BCUT2D eigenvalue weighted by Crippen LogP contribution is 2.16. The minimum Gasteiger partial charge on any atom is -0.295 e. The zero-order valence-electron chi connectivity index (χ0n) is 11.1. The Balaban J connectivity index is 4.83. The average Bonchev–Trinajstić information content (AvgIpc) is 2.28. The van der Waals surface area contributed by atoms with Crippen molar-refractivity contribution in [3.63, 3.8) is 0 Å². The molecule has 17 heavy (non-hydrogen) atoms. The van der Waals surface area contributed by atoms with Crippen LogP contribution in [0, 0.1) is 0 Å². The van der Waals surface area contributed by atoms with Gasteiger partial charge in [-0.3, -0.25) is 4.79 Å². The lowest BCUT2D eigenvalue weighted by molar-refractivity contribution is -0.113. The summed E-state index contributed by atoms with van der Waals surface area (Å²) in [6.07, 6.45) is 11.3. The van der Waals surface area contributed by atoms with Gasteiger partial charge < -0.3 is 0 Å². The fraction of sp³-hybridized carbons (Fsp3) is 0.312. The molecule has 1 nitrogen and oxygen atoms in total. The molecular formula is C16H22O. The first-order valence-corrected chi connectivity index (χ1v) is 5.91. The molecule has 0 aromatic carbocycles. The Morgan fingerprint density at radius 3 is 2.35 bits per heavy atom. The topological polar surface area (TPSA) is 17.1 Å². The molecule has 0 rings (SSSR count). The molecule has 0 aromatic heterocycles. The lowest BCUT2D eigenvalue weighted by Gasteiger charge is -2.04. The second-order valence-corrected chi connectivity index (χ2v) is 3.79. The van der Waals surface area contributed by atoms with Crippen LogP contribution in [0.4, 0.5) is 0 Å². The number of rotatable bonds is 7. The summed E-state index contributed by atoms with van der Waals surface area (Å²) in [6, 6.07) is 0. The summed E-state index contributed by atoms with van der Waals surface area (Å²) in [5, 5.41) is 0. The van der Waals surface area contributed by atoms with Crippen LogP contribution < -0.4 is 0 Å². The van der Waals surface area contributed by atoms with E-state index in [1.54, 1.807) is 6.92 Å². The lowest BCUT2D eigenvalue weighted by atomic mass is 10.0. The minimum atomic E-state index is 0.0706. The zero-order chi connectivity index (χ0) is 13.3. The van der Waals surface area contributed by atoms with Crippen molar-refractivity contribution in [2.75, 3.05) is 0 Å². The van der Waals surface area contributed by atoms with Gasteiger partial charge in [0.25, 0.3) is 0 Å². The molecule has 0 saturated carbocycles. The first kappa shape index (κ1) is 15.4. The first-order valence-electron chi connectivity index (χ1n) is 5.91. The monoisotopic (exact) mass is 230 g/mol. The van der Waals surface area contributed by atoms with E-state index in [0.29, 0.717) is 5.57 Å². The van der Waals surface area contributed by atoms with E-state index in [1.165, 1.54) is 0 Å². The van der Waals surface area contributed by atoms with Gasteiger partial charge in [-0.05, 0) is 37.8 Å². The predicted octanol–water partition coefficient (Wildman–Crippen LogP) is 4.55. The third kappa shape index (κ3) is 5.86. The number of ketones is 1. The molecule has 0 heterocycles. The zero-order valence-corrected chi connectivity index (χ0v) is 11.1. The molecule has 1 heteroatoms. The molecule has 0 fully saturated rings. The summed E-state index contributed by atoms with van der Waals surface area (Å²) in [6.45, 7) is 13.3. The number of allylic oxidation sites excluding steroid dienone is 8. The van der Waals surface area contributed by atoms with Gasteiger partial charge in [0, 0.05) is 5.57 Å². The van der Waals surface area contributed by atoms with Gasteiger partial charge in [0.1, 0.15) is 0 Å². The maximum absolute atomic E-state index is 11.2. The van der Waals surface area contributed by atoms with Crippen molar-refractivity contribution >= 4 is 5.78 Å². The number of carbonyl (C=O) groups excluding carboxylic acids is 1. The highest BCUT2D eigenvalue weighted by atomic mass is 16.1. The van der Waals surface area contributed by atoms with Crippen molar-refractivity contribution in [1.82, 2.24) is 0 Å². The van der Waals surface area contributed by atoms with Crippen molar-refractivity contribution in [1.29, 1.82) is 0 Å². The molecule has 0 saturated heterocycles. The maximum Gasteiger partial charge on any atom is 0.159 e. The molecule has 0 amide bonds. The number of Topliss-reactive ketones (excluding diaryl/α,β-unsaturated/α-hetero) is 1. The molecule has 0 bridgehead atoms. The van der Waals surface area contributed by atoms with Crippen LogP contribution in [0.1, 0.15) is 33.6 Å². The van der Waals surface area contributed by atoms with Crippen molar-refractivity contribution in [2.45, 2.75) is 33.6 Å². The van der Waals surface area contributed by atoms with Gasteiger partial charge in [-0.15, -0.1) is 6.58 Å². The Bertz CT molecular complexity index is 378. The van der Waals surface area contributed by atoms with Gasteiger partial charge in [0.05, 0.1) is 0 Å². The molecule has 0 atom stereocenters. The summed E-state index contributed by atoms with van der Waals surface area (Å²) in [4.78, 5) is 11.2. The molecule has 0 N–H and O–H groups in total. The van der Waals surface area contributed by atoms with Crippen LogP contribution in [0.5, 0.6) is 0 Å². The summed E-state index contributed by atoms with van der Waals surface area (Å²) in [5.41, 5.74) is 2.81. The molecule has 92 valence electrons. The maximum atomic E-state index is 11.2. The molecular weight excluding hydrogens is 208 g/mol. The smallest absolute Gasteiger partial charge is 0.159 e. The third-order valence-corrected chi connectivity index (χ3v) is 2.41. The van der Waals surface area contributed by atoms with Gasteiger partial charge in [-0.25, -0.2) is 0 Å². The second-order valence-electron chi connectivity index (χ2n) is 3.79. The van der Waals surface area contributed by atoms with E-state index in [-0.39, 0.29) is 5.78 Å². The van der Waals surface area contributed by atoms with Gasteiger partial charge >= 0.3 is 0 Å². The van der Waals surface area contributed by atoms with E-state index in [2.05, 4.69) is 26.2 Å². The third-order valence-electron chi connectivity index (χ3n) is 2.41. The molecule has 0 aliphatic carbocycles. The van der Waals surface area contributed by atoms with Gasteiger partial charge in [-0.2, -0.15) is 0 Å². The van der Waals surface area contributed by atoms with Gasteiger partial charge in [0.2, 0.25) is 0 Å². The van der Waals surface area contributed by atoms with Gasteiger partial charge in [-0.1, -0.05) is 43.9 Å². The van der Waals surface area contributed by atoms with Crippen LogP contribution in [-0.2, 0) is 4.79 Å². The number of hydrogen-bond acceptors (Lipinski definition) is 1. The minimum absolute atomic E-state index is 0.0706. The van der Waals surface area contributed by atoms with Crippen LogP contribution in [0.3, 0.4) is 0 Å². The van der Waals surface area contributed by atoms with E-state index in [4.69, 9.17) is 0 Å². The molecule has 0 aromatic rings. The standard InChI is InChI=1S/C16H22O/c1-6-9-16(10-7-2)13(4)11-12-15(8-3)14(5)17/h6,8,10-12H,1,4,7,9H2,2-3,5H3/b12-11-,15-8+,16-10+. The van der Waals surface area contributed by atoms with E-state index >= 15 is 0 Å². The summed E-state index contributed by atoms with van der Waals surface area (Å²) >= 11 is 0. The highest BCUT2D eigenvalue weighted by Gasteiger charge is 1.99. The Morgan fingerprint density at radius 2 is 1.94 bits per heavy atom. The van der Waals surface area contributed by atoms with Crippen LogP contribution in [-0.4, -0.2) is 5.78 Å². The van der Waals surface area contributed by atoms with Crippen LogP contribution >= 0.6 is 0 Å². The Hall–Kier alpha value is -1.63. The summed E-state index contributed by atoms with van der Waals surface area (Å²) < 4.78 is 0. The summed E-state index contributed by atoms with van der Waals surface area (Å²) in [5.74, 6) is 0.0706. The van der Waals surface area contributed by atoms with E-state index in [1.807, 2.05) is 31.2 Å². The Labute approximate surface area is 105 Å². The first-order chi connectivity index (χ1) is 8.06. The van der Waals surface area contributed by atoms with Crippen LogP contribution in [0.15, 0.2) is 60.3 Å². The normalized spacial score (nSPS) is 12.9. The van der Waals surface area contributed by atoms with Crippen LogP contribution in [0.2, 0.25) is 0 Å². The molecule has 0 unspecified atom stereocenters. The Kier molecular flexibility index (Phi) is 7.70. The van der Waals surface area contributed by atoms with Crippen molar-refractivity contribution < 1.29 is 4.79 Å². The highest BCUT2D eigenvalue weighted by molar-refractivity contribution is 5.96. The number of carbonyl (C=O) groups is 1. The SMILES string of the molecule is C=CC/C(=C\CC)C(=C)/C=C\C(=C/C)C(C)=O. The molecule has 0 radical (unpaired) electrons. The fourth-order valence-corrected chi connectivity index (χ4v) is 1.46. The van der Waals surface area contributed by atoms with Crippen molar-refractivity contribution in [3.8, 4) is 0 Å². The predicted molar refractivity (Wildman–Crippen MR) is 75.9 cm³/mol. The molecule has 0 spiro atoms. The van der Waals surface area contributed by atoms with E-state index in [9.17, 15) is 4.79 Å². The van der Waals surface area contributed by atoms with E-state index in [0.717, 1.165) is 24.0 Å². The summed E-state index contributed by atoms with van der Waals surface area (Å²) in [7, 11) is 0. The number of hydrogen-bond donors (Lipinski definition) is 0. The largest absolute Gasteiger partial charge is 0.295 e. The van der Waals surface area contributed by atoms with E-state index < -0.39 is 0 Å². The van der Waals surface area contributed by atoms with Crippen molar-refractivity contribution in [3.05, 3.63) is 60.3 Å². The van der Waals surface area contributed by atoms with Crippen LogP contribution in [0.25, 0.3) is 0 Å². The van der Waals surface area contributed by atoms with Crippen molar-refractivity contribution in [2.24, 2.45) is 0 Å². The second kappa shape index (κ2) is 8.51.